The zero-order chi connectivity index (χ0) is 15.4. The van der Waals surface area contributed by atoms with E-state index < -0.39 is 6.10 Å². The Balaban J connectivity index is 1.94. The SMILES string of the molecule is CC(=O)NCC1CCN(c2ccc([C@H](C)O)cc2Br)CC1. The van der Waals surface area contributed by atoms with E-state index in [1.807, 2.05) is 12.1 Å². The van der Waals surface area contributed by atoms with Crippen LogP contribution >= 0.6 is 15.9 Å². The van der Waals surface area contributed by atoms with Crippen LogP contribution in [0.4, 0.5) is 5.69 Å². The lowest BCUT2D eigenvalue weighted by Gasteiger charge is -2.34. The topological polar surface area (TPSA) is 52.6 Å². The van der Waals surface area contributed by atoms with Gasteiger partial charge in [0, 0.05) is 31.0 Å². The molecule has 1 heterocycles. The Morgan fingerprint density at radius 2 is 2.14 bits per heavy atom. The number of hydrogen-bond donors (Lipinski definition) is 2. The number of carbonyl (C=O) groups excluding carboxylic acids is 1. The van der Waals surface area contributed by atoms with Crippen molar-refractivity contribution in [1.29, 1.82) is 0 Å². The van der Waals surface area contributed by atoms with Crippen molar-refractivity contribution in [1.82, 2.24) is 5.32 Å². The lowest BCUT2D eigenvalue weighted by atomic mass is 9.96. The highest BCUT2D eigenvalue weighted by Crippen LogP contribution is 2.32. The summed E-state index contributed by atoms with van der Waals surface area (Å²) in [6.45, 7) is 6.12. The number of rotatable bonds is 4. The highest BCUT2D eigenvalue weighted by Gasteiger charge is 2.21. The van der Waals surface area contributed by atoms with E-state index in [1.54, 1.807) is 13.8 Å². The number of nitrogens with zero attached hydrogens (tertiary/aromatic N) is 1. The van der Waals surface area contributed by atoms with Gasteiger partial charge in [-0.1, -0.05) is 6.07 Å². The third-order valence-electron chi connectivity index (χ3n) is 4.05. The number of hydrogen-bond acceptors (Lipinski definition) is 3. The van der Waals surface area contributed by atoms with Gasteiger partial charge in [0.1, 0.15) is 0 Å². The van der Waals surface area contributed by atoms with Gasteiger partial charge in [0.25, 0.3) is 0 Å². The van der Waals surface area contributed by atoms with Gasteiger partial charge in [0.15, 0.2) is 0 Å². The van der Waals surface area contributed by atoms with E-state index in [2.05, 4.69) is 32.2 Å². The fraction of sp³-hybridized carbons (Fsp3) is 0.562. The van der Waals surface area contributed by atoms with Crippen LogP contribution in [0.1, 0.15) is 38.4 Å². The van der Waals surface area contributed by atoms with Gasteiger partial charge in [-0.25, -0.2) is 0 Å². The van der Waals surface area contributed by atoms with Crippen molar-refractivity contribution in [3.05, 3.63) is 28.2 Å². The normalized spacial score (nSPS) is 17.6. The summed E-state index contributed by atoms with van der Waals surface area (Å²) in [5.41, 5.74) is 2.10. The van der Waals surface area contributed by atoms with Crippen molar-refractivity contribution in [3.63, 3.8) is 0 Å². The molecule has 1 fully saturated rings. The smallest absolute Gasteiger partial charge is 0.216 e. The van der Waals surface area contributed by atoms with Gasteiger partial charge >= 0.3 is 0 Å². The van der Waals surface area contributed by atoms with E-state index in [0.717, 1.165) is 42.5 Å². The zero-order valence-corrected chi connectivity index (χ0v) is 14.2. The first-order chi connectivity index (χ1) is 9.97. The van der Waals surface area contributed by atoms with Crippen LogP contribution in [0.3, 0.4) is 0 Å². The average Bonchev–Trinajstić information content (AvgIpc) is 2.45. The Morgan fingerprint density at radius 3 is 2.67 bits per heavy atom. The first-order valence-electron chi connectivity index (χ1n) is 7.44. The summed E-state index contributed by atoms with van der Waals surface area (Å²) in [6.07, 6.45) is 1.73. The van der Waals surface area contributed by atoms with Gasteiger partial charge in [-0.3, -0.25) is 4.79 Å². The number of amides is 1. The number of carbonyl (C=O) groups is 1. The van der Waals surface area contributed by atoms with Gasteiger partial charge in [0.2, 0.25) is 5.91 Å². The van der Waals surface area contributed by atoms with Gasteiger partial charge < -0.3 is 15.3 Å². The molecule has 4 nitrogen and oxygen atoms in total. The van der Waals surface area contributed by atoms with Crippen LogP contribution in [0.2, 0.25) is 0 Å². The minimum Gasteiger partial charge on any atom is -0.389 e. The Labute approximate surface area is 134 Å². The van der Waals surface area contributed by atoms with Gasteiger partial charge in [-0.05, 0) is 59.3 Å². The Morgan fingerprint density at radius 1 is 1.48 bits per heavy atom. The largest absolute Gasteiger partial charge is 0.389 e. The molecule has 0 aliphatic carbocycles. The standard InChI is InChI=1S/C16H23BrN2O2/c1-11(20)14-3-4-16(15(17)9-14)19-7-5-13(6-8-19)10-18-12(2)21/h3-4,9,11,13,20H,5-8,10H2,1-2H3,(H,18,21)/t11-/m0/s1. The molecule has 1 aliphatic rings. The molecule has 1 aliphatic heterocycles. The molecule has 1 amide bonds. The van der Waals surface area contributed by atoms with Gasteiger partial charge in [0.05, 0.1) is 11.8 Å². The fourth-order valence-electron chi connectivity index (χ4n) is 2.71. The molecule has 0 saturated carbocycles. The van der Waals surface area contributed by atoms with Crippen LogP contribution in [0.25, 0.3) is 0 Å². The quantitative estimate of drug-likeness (QED) is 0.873. The number of aliphatic hydroxyl groups excluding tert-OH is 1. The predicted molar refractivity (Wildman–Crippen MR) is 88.4 cm³/mol. The summed E-state index contributed by atoms with van der Waals surface area (Å²) in [6, 6.07) is 6.04. The number of piperidine rings is 1. The highest BCUT2D eigenvalue weighted by atomic mass is 79.9. The summed E-state index contributed by atoms with van der Waals surface area (Å²) in [5.74, 6) is 0.620. The Kier molecular flexibility index (Phi) is 5.65. The lowest BCUT2D eigenvalue weighted by Crippen LogP contribution is -2.38. The van der Waals surface area contributed by atoms with Gasteiger partial charge in [-0.15, -0.1) is 0 Å². The van der Waals surface area contributed by atoms with Crippen molar-refractivity contribution < 1.29 is 9.90 Å². The zero-order valence-electron chi connectivity index (χ0n) is 12.6. The van der Waals surface area contributed by atoms with Crippen LogP contribution < -0.4 is 10.2 Å². The Hall–Kier alpha value is -1.07. The van der Waals surface area contributed by atoms with E-state index in [0.29, 0.717) is 5.92 Å². The van der Waals surface area contributed by atoms with Crippen molar-refractivity contribution in [2.24, 2.45) is 5.92 Å². The van der Waals surface area contributed by atoms with Crippen molar-refractivity contribution >= 4 is 27.5 Å². The molecule has 0 aromatic heterocycles. The third-order valence-corrected chi connectivity index (χ3v) is 4.68. The number of benzene rings is 1. The number of aliphatic hydroxyl groups is 1. The first-order valence-corrected chi connectivity index (χ1v) is 8.23. The monoisotopic (exact) mass is 354 g/mol. The van der Waals surface area contributed by atoms with Gasteiger partial charge in [-0.2, -0.15) is 0 Å². The maximum Gasteiger partial charge on any atom is 0.216 e. The molecule has 1 aromatic carbocycles. The molecular formula is C16H23BrN2O2. The Bertz CT molecular complexity index is 497. The van der Waals surface area contributed by atoms with Crippen LogP contribution in [0, 0.1) is 5.92 Å². The molecule has 0 bridgehead atoms. The minimum absolute atomic E-state index is 0.0499. The third kappa shape index (κ3) is 4.45. The molecule has 0 radical (unpaired) electrons. The summed E-state index contributed by atoms with van der Waals surface area (Å²) >= 11 is 3.61. The second-order valence-electron chi connectivity index (χ2n) is 5.75. The van der Waals surface area contributed by atoms with Crippen LogP contribution in [-0.2, 0) is 4.79 Å². The van der Waals surface area contributed by atoms with Crippen LogP contribution in [-0.4, -0.2) is 30.6 Å². The second-order valence-corrected chi connectivity index (χ2v) is 6.61. The van der Waals surface area contributed by atoms with E-state index in [1.165, 1.54) is 5.69 Å². The maximum absolute atomic E-state index is 11.0. The lowest BCUT2D eigenvalue weighted by molar-refractivity contribution is -0.119. The molecule has 1 aromatic rings. The maximum atomic E-state index is 11.0. The van der Waals surface area contributed by atoms with E-state index in [4.69, 9.17) is 0 Å². The summed E-state index contributed by atoms with van der Waals surface area (Å²) < 4.78 is 1.03. The first kappa shape index (κ1) is 16.3. The second kappa shape index (κ2) is 7.27. The molecular weight excluding hydrogens is 332 g/mol. The van der Waals surface area contributed by atoms with Crippen LogP contribution in [0.5, 0.6) is 0 Å². The molecule has 0 spiro atoms. The summed E-state index contributed by atoms with van der Waals surface area (Å²) in [7, 11) is 0. The molecule has 2 rings (SSSR count). The van der Waals surface area contributed by atoms with Crippen molar-refractivity contribution in [2.75, 3.05) is 24.5 Å². The number of anilines is 1. The summed E-state index contributed by atoms with van der Waals surface area (Å²) in [4.78, 5) is 13.3. The molecule has 21 heavy (non-hydrogen) atoms. The molecule has 0 unspecified atom stereocenters. The number of nitrogens with one attached hydrogen (secondary N) is 1. The van der Waals surface area contributed by atoms with E-state index in [9.17, 15) is 9.90 Å². The molecule has 2 N–H and O–H groups in total. The molecule has 1 saturated heterocycles. The van der Waals surface area contributed by atoms with Crippen molar-refractivity contribution in [2.45, 2.75) is 32.8 Å². The van der Waals surface area contributed by atoms with Crippen LogP contribution in [0.15, 0.2) is 22.7 Å². The number of halogens is 1. The molecule has 1 atom stereocenters. The van der Waals surface area contributed by atoms with Crippen molar-refractivity contribution in [3.8, 4) is 0 Å². The predicted octanol–water partition coefficient (Wildman–Crippen LogP) is 2.85. The fourth-order valence-corrected chi connectivity index (χ4v) is 3.35. The highest BCUT2D eigenvalue weighted by molar-refractivity contribution is 9.10. The van der Waals surface area contributed by atoms with E-state index >= 15 is 0 Å². The molecule has 116 valence electrons. The minimum atomic E-state index is -0.446. The summed E-state index contributed by atoms with van der Waals surface area (Å²) in [5, 5.41) is 12.5. The van der Waals surface area contributed by atoms with E-state index in [-0.39, 0.29) is 5.91 Å². The molecule has 5 heteroatoms. The average molecular weight is 355 g/mol.